The largest absolute Gasteiger partial charge is 0.454 e. The van der Waals surface area contributed by atoms with Gasteiger partial charge in [0.1, 0.15) is 29.7 Å². The van der Waals surface area contributed by atoms with Crippen molar-refractivity contribution in [3.05, 3.63) is 124 Å². The minimum absolute atomic E-state index is 0.186. The van der Waals surface area contributed by atoms with E-state index in [9.17, 15) is 32.8 Å². The van der Waals surface area contributed by atoms with Gasteiger partial charge < -0.3 is 29.2 Å². The van der Waals surface area contributed by atoms with Crippen molar-refractivity contribution in [2.45, 2.75) is 70.5 Å². The monoisotopic (exact) mass is 870 g/mol. The number of amides is 4. The van der Waals surface area contributed by atoms with Crippen molar-refractivity contribution < 1.29 is 37.4 Å². The van der Waals surface area contributed by atoms with Crippen LogP contribution in [-0.4, -0.2) is 72.3 Å². The van der Waals surface area contributed by atoms with E-state index >= 15 is 0 Å². The maximum Gasteiger partial charge on any atom is 0.274 e. The zero-order chi connectivity index (χ0) is 44.7. The summed E-state index contributed by atoms with van der Waals surface area (Å²) in [5, 5.41) is 14.3. The molecule has 4 amide bonds. The Kier molecular flexibility index (Phi) is 13.0. The minimum Gasteiger partial charge on any atom is -0.454 e. The number of piperidine rings is 1. The highest BCUT2D eigenvalue weighted by Gasteiger charge is 2.39. The molecule has 3 aromatic carbocycles. The molecule has 328 valence electrons. The van der Waals surface area contributed by atoms with E-state index in [0.29, 0.717) is 71.3 Å². The summed E-state index contributed by atoms with van der Waals surface area (Å²) in [6.45, 7) is 1.71. The van der Waals surface area contributed by atoms with Crippen LogP contribution < -0.4 is 20.9 Å². The Bertz CT molecular complexity index is 2890. The van der Waals surface area contributed by atoms with Gasteiger partial charge in [0, 0.05) is 97.6 Å². The summed E-state index contributed by atoms with van der Waals surface area (Å²) in [7, 11) is 1.61. The van der Waals surface area contributed by atoms with E-state index in [-0.39, 0.29) is 60.8 Å². The highest BCUT2D eigenvalue weighted by Crippen LogP contribution is 2.39. The number of carbonyl (C=O) groups excluding carboxylic acids is 4. The van der Waals surface area contributed by atoms with E-state index in [1.54, 1.807) is 60.5 Å². The average Bonchev–Trinajstić information content (AvgIpc) is 4.03. The van der Waals surface area contributed by atoms with E-state index in [4.69, 9.17) is 9.47 Å². The van der Waals surface area contributed by atoms with Crippen LogP contribution in [0.5, 0.6) is 11.5 Å². The fraction of sp³-hybridized carbons (Fsp3) is 0.298. The number of rotatable bonds is 16. The fourth-order valence-electron chi connectivity index (χ4n) is 7.90. The van der Waals surface area contributed by atoms with Gasteiger partial charge in [-0.05, 0) is 92.6 Å². The van der Waals surface area contributed by atoms with Crippen molar-refractivity contribution in [1.82, 2.24) is 34.8 Å². The third kappa shape index (κ3) is 9.77. The smallest absolute Gasteiger partial charge is 0.274 e. The van der Waals surface area contributed by atoms with Crippen molar-refractivity contribution in [3.63, 3.8) is 0 Å². The maximum atomic E-state index is 14.6. The molecule has 0 aliphatic carbocycles. The minimum atomic E-state index is -0.879. The molecule has 8 rings (SSSR count). The number of imide groups is 1. The molecular weight excluding hydrogens is 827 g/mol. The zero-order valence-corrected chi connectivity index (χ0v) is 34.9. The Balaban J connectivity index is 0.768. The lowest BCUT2D eigenvalue weighted by atomic mass is 10.0. The first kappa shape index (κ1) is 43.2. The van der Waals surface area contributed by atoms with Crippen LogP contribution in [0.3, 0.4) is 0 Å². The molecule has 0 saturated carbocycles. The van der Waals surface area contributed by atoms with E-state index in [0.717, 1.165) is 42.7 Å². The molecule has 15 nitrogen and oxygen atoms in total. The molecule has 64 heavy (non-hydrogen) atoms. The molecule has 1 fully saturated rings. The molecule has 3 N–H and O–H groups in total. The number of aryl methyl sites for hydroxylation is 3. The summed E-state index contributed by atoms with van der Waals surface area (Å²) in [5.41, 5.74) is 4.45. The van der Waals surface area contributed by atoms with Crippen LogP contribution in [0, 0.1) is 23.5 Å². The maximum absolute atomic E-state index is 14.6. The van der Waals surface area contributed by atoms with Crippen molar-refractivity contribution in [3.8, 4) is 34.5 Å². The molecule has 0 spiro atoms. The standard InChI is InChI=1S/C47H44F2N8O7/c1-55-27-37(33-19-20-50-44(33)47(55)62)35-25-31(14-17-40(35)64-41-16-13-30(48)24-38(41)49)51-42(58)12-6-10-32-26-56(54-53-32)21-3-2-4-22-63-23-7-9-29-8-5-11-34-36(29)28-57(46(34)61)39-15-18-43(59)52-45(39)60/h5,8,11,13-14,16-17,19-20,24-27,39,50H,2-4,6,10,12,15,18,21-23,28H2,1H3,(H,51,58)(H,52,59,60). The summed E-state index contributed by atoms with van der Waals surface area (Å²) in [6.07, 6.45) is 9.56. The zero-order valence-electron chi connectivity index (χ0n) is 34.9. The molecule has 1 atom stereocenters. The van der Waals surface area contributed by atoms with Gasteiger partial charge in [0.05, 0.1) is 5.69 Å². The van der Waals surface area contributed by atoms with Gasteiger partial charge in [-0.1, -0.05) is 23.1 Å². The number of unbranched alkanes of at least 4 members (excludes halogenated alkanes) is 2. The van der Waals surface area contributed by atoms with Gasteiger partial charge in [-0.3, -0.25) is 34.0 Å². The van der Waals surface area contributed by atoms with Crippen LogP contribution in [0.1, 0.15) is 72.1 Å². The predicted octanol–water partition coefficient (Wildman–Crippen LogP) is 6.16. The number of aromatic nitrogens is 5. The first-order chi connectivity index (χ1) is 31.0. The molecule has 5 heterocycles. The van der Waals surface area contributed by atoms with Crippen LogP contribution in [0.15, 0.2) is 84.0 Å². The van der Waals surface area contributed by atoms with Crippen LogP contribution in [0.4, 0.5) is 14.5 Å². The number of hydrogen-bond acceptors (Lipinski definition) is 9. The third-order valence-corrected chi connectivity index (χ3v) is 11.1. The van der Waals surface area contributed by atoms with E-state index in [1.807, 2.05) is 12.3 Å². The van der Waals surface area contributed by atoms with Gasteiger partial charge in [-0.15, -0.1) is 5.10 Å². The van der Waals surface area contributed by atoms with Gasteiger partial charge in [-0.2, -0.15) is 0 Å². The lowest BCUT2D eigenvalue weighted by Crippen LogP contribution is -2.52. The van der Waals surface area contributed by atoms with Gasteiger partial charge in [-0.25, -0.2) is 8.78 Å². The van der Waals surface area contributed by atoms with Crippen molar-refractivity contribution in [2.24, 2.45) is 7.05 Å². The van der Waals surface area contributed by atoms with Gasteiger partial charge in [0.2, 0.25) is 17.7 Å². The normalized spacial score (nSPS) is 14.6. The summed E-state index contributed by atoms with van der Waals surface area (Å²) in [6, 6.07) is 14.3. The van der Waals surface area contributed by atoms with Crippen LogP contribution in [-0.2, 0) is 45.7 Å². The number of halogens is 2. The number of hydrogen-bond donors (Lipinski definition) is 3. The first-order valence-electron chi connectivity index (χ1n) is 21.0. The fourth-order valence-corrected chi connectivity index (χ4v) is 7.90. The first-order valence-corrected chi connectivity index (χ1v) is 21.0. The lowest BCUT2D eigenvalue weighted by Gasteiger charge is -2.29. The predicted molar refractivity (Wildman–Crippen MR) is 231 cm³/mol. The van der Waals surface area contributed by atoms with E-state index < -0.39 is 23.6 Å². The lowest BCUT2D eigenvalue weighted by molar-refractivity contribution is -0.137. The number of carbonyl (C=O) groups is 4. The number of ether oxygens (including phenoxy) is 2. The Morgan fingerprint density at radius 3 is 2.66 bits per heavy atom. The van der Waals surface area contributed by atoms with Crippen LogP contribution in [0.2, 0.25) is 0 Å². The molecule has 6 aromatic rings. The summed E-state index contributed by atoms with van der Waals surface area (Å²) in [5.74, 6) is 3.33. The number of nitrogens with zero attached hydrogens (tertiary/aromatic N) is 5. The number of fused-ring (bicyclic) bond motifs is 2. The van der Waals surface area contributed by atoms with Crippen molar-refractivity contribution >= 4 is 40.2 Å². The molecule has 3 aromatic heterocycles. The van der Waals surface area contributed by atoms with Crippen molar-refractivity contribution in [2.75, 3.05) is 18.5 Å². The second-order valence-corrected chi connectivity index (χ2v) is 15.6. The third-order valence-electron chi connectivity index (χ3n) is 11.1. The summed E-state index contributed by atoms with van der Waals surface area (Å²) < 4.78 is 43.1. The Morgan fingerprint density at radius 1 is 0.953 bits per heavy atom. The summed E-state index contributed by atoms with van der Waals surface area (Å²) in [4.78, 5) is 67.4. The summed E-state index contributed by atoms with van der Waals surface area (Å²) >= 11 is 0. The molecule has 2 aliphatic heterocycles. The molecule has 1 unspecified atom stereocenters. The average molecular weight is 871 g/mol. The Labute approximate surface area is 365 Å². The number of pyridine rings is 1. The Hall–Kier alpha value is -7.45. The highest BCUT2D eigenvalue weighted by atomic mass is 19.1. The van der Waals surface area contributed by atoms with Crippen molar-refractivity contribution in [1.29, 1.82) is 0 Å². The molecule has 17 heteroatoms. The highest BCUT2D eigenvalue weighted by molar-refractivity contribution is 6.05. The number of anilines is 1. The molecule has 1 saturated heterocycles. The van der Waals surface area contributed by atoms with Crippen LogP contribution in [0.25, 0.3) is 22.0 Å². The molecule has 0 bridgehead atoms. The van der Waals surface area contributed by atoms with Gasteiger partial charge in [0.15, 0.2) is 11.6 Å². The van der Waals surface area contributed by atoms with E-state index in [2.05, 4.69) is 37.8 Å². The molecule has 2 aliphatic rings. The van der Waals surface area contributed by atoms with E-state index in [1.165, 1.54) is 15.5 Å². The second-order valence-electron chi connectivity index (χ2n) is 15.6. The van der Waals surface area contributed by atoms with Gasteiger partial charge in [0.25, 0.3) is 11.5 Å². The van der Waals surface area contributed by atoms with Crippen LogP contribution >= 0.6 is 0 Å². The molecular formula is C47H44F2N8O7. The van der Waals surface area contributed by atoms with Gasteiger partial charge >= 0.3 is 0 Å². The second kappa shape index (κ2) is 19.3. The molecule has 0 radical (unpaired) electrons. The number of nitrogens with one attached hydrogen (secondary N) is 3. The SMILES string of the molecule is Cn1cc(-c2cc(NC(=O)CCCc3cn(CCCCCOCC#Cc4cccc5c4CN(C4CCC(=O)NC4=O)C5=O)nn3)ccc2Oc2ccc(F)cc2F)c2cc[nH]c2c1=O. The number of H-pyrrole nitrogens is 1. The quantitative estimate of drug-likeness (QED) is 0.0583. The number of aromatic amines is 1. The Morgan fingerprint density at radius 2 is 1.81 bits per heavy atom. The number of benzene rings is 3. The topological polar surface area (TPSA) is 183 Å².